The van der Waals surface area contributed by atoms with Crippen LogP contribution < -0.4 is 10.2 Å². The number of aryl methyl sites for hydroxylation is 1. The molecule has 6 nitrogen and oxygen atoms in total. The Balaban J connectivity index is 1.40. The number of anilines is 2. The van der Waals surface area contributed by atoms with E-state index in [-0.39, 0.29) is 11.8 Å². The predicted octanol–water partition coefficient (Wildman–Crippen LogP) is 4.42. The van der Waals surface area contributed by atoms with Crippen LogP contribution in [0, 0.1) is 12.8 Å². The van der Waals surface area contributed by atoms with Crippen molar-refractivity contribution in [2.24, 2.45) is 5.92 Å². The molecule has 144 valence electrons. The maximum Gasteiger partial charge on any atom is 0.231 e. The third kappa shape index (κ3) is 4.31. The van der Waals surface area contributed by atoms with E-state index in [2.05, 4.69) is 44.5 Å². The first-order chi connectivity index (χ1) is 13.6. The molecule has 0 radical (unpaired) electrons. The van der Waals surface area contributed by atoms with Gasteiger partial charge >= 0.3 is 0 Å². The summed E-state index contributed by atoms with van der Waals surface area (Å²) < 4.78 is 0. The molecule has 28 heavy (non-hydrogen) atoms. The number of halogens is 1. The number of carbonyl (C=O) groups is 1. The second-order valence-electron chi connectivity index (χ2n) is 6.89. The van der Waals surface area contributed by atoms with Crippen LogP contribution in [-0.2, 0) is 4.79 Å². The van der Waals surface area contributed by atoms with Crippen molar-refractivity contribution in [1.82, 2.24) is 15.2 Å². The lowest BCUT2D eigenvalue weighted by molar-refractivity contribution is -0.120. The van der Waals surface area contributed by atoms with Crippen LogP contribution in [0.5, 0.6) is 0 Å². The molecule has 1 aliphatic rings. The van der Waals surface area contributed by atoms with Crippen LogP contribution in [0.15, 0.2) is 41.8 Å². The number of hydrogen-bond donors (Lipinski definition) is 1. The average molecular weight is 414 g/mol. The summed E-state index contributed by atoms with van der Waals surface area (Å²) in [6.45, 7) is 3.52. The first-order valence-electron chi connectivity index (χ1n) is 9.16. The summed E-state index contributed by atoms with van der Waals surface area (Å²) in [4.78, 5) is 19.4. The zero-order chi connectivity index (χ0) is 19.5. The fraction of sp³-hybridized carbons (Fsp3) is 0.300. The van der Waals surface area contributed by atoms with Gasteiger partial charge in [-0.3, -0.25) is 4.79 Å². The molecule has 1 aliphatic heterocycles. The average Bonchev–Trinajstić information content (AvgIpc) is 3.17. The quantitative estimate of drug-likeness (QED) is 0.685. The molecule has 0 unspecified atom stereocenters. The molecule has 1 N–H and O–H groups in total. The van der Waals surface area contributed by atoms with Crippen LogP contribution in [0.1, 0.15) is 18.4 Å². The van der Waals surface area contributed by atoms with Crippen molar-refractivity contribution in [2.45, 2.75) is 19.8 Å². The fourth-order valence-corrected chi connectivity index (χ4v) is 4.10. The zero-order valence-electron chi connectivity index (χ0n) is 15.4. The minimum absolute atomic E-state index is 0.00331. The SMILES string of the molecule is Cc1ccc(-c2csc(NC(=O)[C@H]3CCCN(c4ccc(Cl)nn4)C3)n2)cc1. The lowest BCUT2D eigenvalue weighted by Gasteiger charge is -2.32. The summed E-state index contributed by atoms with van der Waals surface area (Å²) in [7, 11) is 0. The van der Waals surface area contributed by atoms with Crippen molar-refractivity contribution < 1.29 is 4.79 Å². The minimum Gasteiger partial charge on any atom is -0.354 e. The highest BCUT2D eigenvalue weighted by Crippen LogP contribution is 2.27. The largest absolute Gasteiger partial charge is 0.354 e. The van der Waals surface area contributed by atoms with Crippen molar-refractivity contribution >= 4 is 39.8 Å². The highest BCUT2D eigenvalue weighted by Gasteiger charge is 2.27. The molecule has 1 fully saturated rings. The third-order valence-electron chi connectivity index (χ3n) is 4.82. The van der Waals surface area contributed by atoms with Crippen molar-refractivity contribution in [3.05, 3.63) is 52.5 Å². The van der Waals surface area contributed by atoms with Gasteiger partial charge in [0.1, 0.15) is 0 Å². The van der Waals surface area contributed by atoms with Gasteiger partial charge in [-0.05, 0) is 31.9 Å². The molecule has 2 aromatic heterocycles. The van der Waals surface area contributed by atoms with Gasteiger partial charge in [-0.25, -0.2) is 4.98 Å². The van der Waals surface area contributed by atoms with Gasteiger partial charge in [0.25, 0.3) is 0 Å². The van der Waals surface area contributed by atoms with E-state index in [1.807, 2.05) is 23.6 Å². The van der Waals surface area contributed by atoms with E-state index in [1.165, 1.54) is 16.9 Å². The number of aromatic nitrogens is 3. The summed E-state index contributed by atoms with van der Waals surface area (Å²) in [5.41, 5.74) is 3.13. The number of carbonyl (C=O) groups excluding carboxylic acids is 1. The highest BCUT2D eigenvalue weighted by atomic mass is 35.5. The molecular formula is C20H20ClN5OS. The maximum atomic E-state index is 12.8. The van der Waals surface area contributed by atoms with E-state index < -0.39 is 0 Å². The normalized spacial score (nSPS) is 16.8. The number of amides is 1. The Morgan fingerprint density at radius 2 is 2.04 bits per heavy atom. The maximum absolute atomic E-state index is 12.8. The molecule has 0 aliphatic carbocycles. The molecule has 1 amide bonds. The van der Waals surface area contributed by atoms with Gasteiger partial charge in [0.05, 0.1) is 11.6 Å². The van der Waals surface area contributed by atoms with E-state index >= 15 is 0 Å². The molecular weight excluding hydrogens is 394 g/mol. The molecule has 8 heteroatoms. The topological polar surface area (TPSA) is 71.0 Å². The molecule has 3 heterocycles. The van der Waals surface area contributed by atoms with E-state index in [0.717, 1.165) is 36.5 Å². The van der Waals surface area contributed by atoms with Gasteiger partial charge in [0, 0.05) is 24.0 Å². The molecule has 3 aromatic rings. The summed E-state index contributed by atoms with van der Waals surface area (Å²) >= 11 is 7.26. The summed E-state index contributed by atoms with van der Waals surface area (Å²) in [5, 5.41) is 14.0. The van der Waals surface area contributed by atoms with Crippen molar-refractivity contribution in [3.63, 3.8) is 0 Å². The predicted molar refractivity (Wildman–Crippen MR) is 113 cm³/mol. The Morgan fingerprint density at radius 1 is 1.21 bits per heavy atom. The monoisotopic (exact) mass is 413 g/mol. The highest BCUT2D eigenvalue weighted by molar-refractivity contribution is 7.14. The lowest BCUT2D eigenvalue weighted by atomic mass is 9.97. The molecule has 4 rings (SSSR count). The van der Waals surface area contributed by atoms with Crippen LogP contribution in [0.4, 0.5) is 10.9 Å². The van der Waals surface area contributed by atoms with Crippen LogP contribution in [0.25, 0.3) is 11.3 Å². The Labute approximate surface area is 172 Å². The van der Waals surface area contributed by atoms with Crippen LogP contribution in [0.2, 0.25) is 5.15 Å². The number of benzene rings is 1. The number of rotatable bonds is 4. The van der Waals surface area contributed by atoms with Gasteiger partial charge in [-0.2, -0.15) is 0 Å². The number of hydrogen-bond acceptors (Lipinski definition) is 6. The first-order valence-corrected chi connectivity index (χ1v) is 10.4. The lowest BCUT2D eigenvalue weighted by Crippen LogP contribution is -2.41. The van der Waals surface area contributed by atoms with Crippen molar-refractivity contribution in [2.75, 3.05) is 23.3 Å². The number of piperidine rings is 1. The number of nitrogens with zero attached hydrogens (tertiary/aromatic N) is 4. The first kappa shape index (κ1) is 18.8. The van der Waals surface area contributed by atoms with Crippen LogP contribution in [-0.4, -0.2) is 34.2 Å². The smallest absolute Gasteiger partial charge is 0.231 e. The molecule has 1 aromatic carbocycles. The van der Waals surface area contributed by atoms with E-state index in [1.54, 1.807) is 6.07 Å². The zero-order valence-corrected chi connectivity index (χ0v) is 17.0. The van der Waals surface area contributed by atoms with Gasteiger partial charge in [0.2, 0.25) is 5.91 Å². The minimum atomic E-state index is -0.113. The third-order valence-corrected chi connectivity index (χ3v) is 5.78. The molecule has 0 spiro atoms. The molecule has 0 bridgehead atoms. The second-order valence-corrected chi connectivity index (χ2v) is 8.14. The second kappa shape index (κ2) is 8.24. The Hall–Kier alpha value is -2.51. The Kier molecular flexibility index (Phi) is 5.54. The van der Waals surface area contributed by atoms with Gasteiger partial charge < -0.3 is 10.2 Å². The Bertz CT molecular complexity index is 957. The van der Waals surface area contributed by atoms with Crippen molar-refractivity contribution in [3.8, 4) is 11.3 Å². The molecule has 0 saturated carbocycles. The molecule has 1 atom stereocenters. The number of thiazole rings is 1. The summed E-state index contributed by atoms with van der Waals surface area (Å²) in [5.74, 6) is 0.632. The van der Waals surface area contributed by atoms with Gasteiger partial charge in [0.15, 0.2) is 16.1 Å². The van der Waals surface area contributed by atoms with Crippen LogP contribution in [0.3, 0.4) is 0 Å². The van der Waals surface area contributed by atoms with E-state index in [4.69, 9.17) is 11.6 Å². The Morgan fingerprint density at radius 3 is 2.79 bits per heavy atom. The van der Waals surface area contributed by atoms with E-state index in [0.29, 0.717) is 16.8 Å². The van der Waals surface area contributed by atoms with Gasteiger partial charge in [-0.15, -0.1) is 21.5 Å². The van der Waals surface area contributed by atoms with Gasteiger partial charge in [-0.1, -0.05) is 41.4 Å². The molecule has 1 saturated heterocycles. The fourth-order valence-electron chi connectivity index (χ4n) is 3.27. The van der Waals surface area contributed by atoms with Crippen LogP contribution >= 0.6 is 22.9 Å². The summed E-state index contributed by atoms with van der Waals surface area (Å²) in [6.07, 6.45) is 1.77. The standard InChI is InChI=1S/C20H20ClN5OS/c1-13-4-6-14(7-5-13)16-12-28-20(22-16)23-19(27)15-3-2-10-26(11-15)18-9-8-17(21)24-25-18/h4-9,12,15H,2-3,10-11H2,1H3,(H,22,23,27)/t15-/m0/s1. The number of nitrogens with one attached hydrogen (secondary N) is 1. The summed E-state index contributed by atoms with van der Waals surface area (Å²) in [6, 6.07) is 11.8. The van der Waals surface area contributed by atoms with E-state index in [9.17, 15) is 4.79 Å². The van der Waals surface area contributed by atoms with Crippen molar-refractivity contribution in [1.29, 1.82) is 0 Å².